The van der Waals surface area contributed by atoms with Gasteiger partial charge in [0.25, 0.3) is 5.91 Å². The second-order valence-corrected chi connectivity index (χ2v) is 9.96. The SMILES string of the molecule is CCOC(=O)O[C@@H](C)n1nnnc1-c1c(-c2ccc(C(=O)N(c3ncccc3Cl)[C@@H]3CCCNC3)cc2F)cnn1C. The number of hydrogen-bond donors (Lipinski definition) is 1. The van der Waals surface area contributed by atoms with Crippen molar-refractivity contribution in [2.45, 2.75) is 39.0 Å². The lowest BCUT2D eigenvalue weighted by atomic mass is 10.0. The van der Waals surface area contributed by atoms with Crippen molar-refractivity contribution in [2.24, 2.45) is 7.05 Å². The summed E-state index contributed by atoms with van der Waals surface area (Å²) in [5, 5.41) is 19.6. The molecule has 15 heteroatoms. The Bertz CT molecular complexity index is 1590. The summed E-state index contributed by atoms with van der Waals surface area (Å²) < 4.78 is 28.6. The number of piperidine rings is 1. The van der Waals surface area contributed by atoms with Crippen LogP contribution in [0.2, 0.25) is 5.02 Å². The Labute approximate surface area is 245 Å². The lowest BCUT2D eigenvalue weighted by Crippen LogP contribution is -2.49. The first kappa shape index (κ1) is 29.1. The van der Waals surface area contributed by atoms with Crippen molar-refractivity contribution < 1.29 is 23.5 Å². The minimum absolute atomic E-state index is 0.135. The number of carbonyl (C=O) groups excluding carboxylic acids is 2. The van der Waals surface area contributed by atoms with E-state index in [9.17, 15) is 9.59 Å². The Hall–Kier alpha value is -4.43. The maximum Gasteiger partial charge on any atom is 0.510 e. The number of rotatable bonds is 8. The van der Waals surface area contributed by atoms with Gasteiger partial charge >= 0.3 is 6.16 Å². The van der Waals surface area contributed by atoms with Gasteiger partial charge < -0.3 is 14.8 Å². The van der Waals surface area contributed by atoms with Gasteiger partial charge in [0.15, 0.2) is 12.0 Å². The van der Waals surface area contributed by atoms with Gasteiger partial charge in [-0.25, -0.2) is 14.2 Å². The molecular formula is C27H29ClFN9O4. The van der Waals surface area contributed by atoms with Crippen LogP contribution in [-0.4, -0.2) is 72.8 Å². The highest BCUT2D eigenvalue weighted by Crippen LogP contribution is 2.34. The summed E-state index contributed by atoms with van der Waals surface area (Å²) in [6.45, 7) is 4.77. The van der Waals surface area contributed by atoms with Crippen LogP contribution in [0.25, 0.3) is 22.6 Å². The number of anilines is 1. The molecule has 0 spiro atoms. The molecule has 1 fully saturated rings. The van der Waals surface area contributed by atoms with Crippen molar-refractivity contribution in [3.63, 3.8) is 0 Å². The largest absolute Gasteiger partial charge is 0.510 e. The molecular weight excluding hydrogens is 569 g/mol. The van der Waals surface area contributed by atoms with E-state index in [1.54, 1.807) is 45.3 Å². The van der Waals surface area contributed by atoms with Crippen molar-refractivity contribution in [3.8, 4) is 22.6 Å². The van der Waals surface area contributed by atoms with Gasteiger partial charge in [0.2, 0.25) is 5.82 Å². The highest BCUT2D eigenvalue weighted by molar-refractivity contribution is 6.33. The third-order valence-corrected chi connectivity index (χ3v) is 7.14. The number of nitrogens with zero attached hydrogens (tertiary/aromatic N) is 8. The van der Waals surface area contributed by atoms with E-state index >= 15 is 4.39 Å². The quantitative estimate of drug-likeness (QED) is 0.296. The summed E-state index contributed by atoms with van der Waals surface area (Å²) in [6, 6.07) is 7.39. The summed E-state index contributed by atoms with van der Waals surface area (Å²) in [5.74, 6) is -0.571. The number of carbonyl (C=O) groups is 2. The zero-order valence-corrected chi connectivity index (χ0v) is 24.0. The van der Waals surface area contributed by atoms with Gasteiger partial charge in [-0.15, -0.1) is 5.10 Å². The van der Waals surface area contributed by atoms with Gasteiger partial charge in [0, 0.05) is 36.5 Å². The number of nitrogens with one attached hydrogen (secondary N) is 1. The molecule has 1 N–H and O–H groups in total. The Morgan fingerprint density at radius 2 is 2.12 bits per heavy atom. The monoisotopic (exact) mass is 597 g/mol. The van der Waals surface area contributed by atoms with Crippen molar-refractivity contribution >= 4 is 29.5 Å². The smallest absolute Gasteiger partial charge is 0.435 e. The summed E-state index contributed by atoms with van der Waals surface area (Å²) in [6.07, 6.45) is 2.85. The van der Waals surface area contributed by atoms with Gasteiger partial charge in [-0.2, -0.15) is 9.78 Å². The molecule has 220 valence electrons. The van der Waals surface area contributed by atoms with Crippen molar-refractivity contribution in [1.82, 2.24) is 40.3 Å². The normalized spacial score (nSPS) is 15.7. The molecule has 0 bridgehead atoms. The maximum absolute atomic E-state index is 15.8. The fourth-order valence-electron chi connectivity index (χ4n) is 4.88. The van der Waals surface area contributed by atoms with Crippen LogP contribution in [-0.2, 0) is 16.5 Å². The van der Waals surface area contributed by atoms with E-state index in [-0.39, 0.29) is 29.6 Å². The van der Waals surface area contributed by atoms with Crippen LogP contribution < -0.4 is 10.2 Å². The molecule has 0 radical (unpaired) electrons. The number of amides is 1. The first-order chi connectivity index (χ1) is 20.3. The predicted molar refractivity (Wildman–Crippen MR) is 150 cm³/mol. The number of pyridine rings is 1. The molecule has 4 aromatic rings. The molecule has 2 atom stereocenters. The Morgan fingerprint density at radius 1 is 1.29 bits per heavy atom. The molecule has 0 aliphatic carbocycles. The van der Waals surface area contributed by atoms with Gasteiger partial charge in [-0.1, -0.05) is 17.7 Å². The molecule has 1 aliphatic heterocycles. The van der Waals surface area contributed by atoms with Crippen LogP contribution in [0.4, 0.5) is 15.0 Å². The van der Waals surface area contributed by atoms with Crippen LogP contribution >= 0.6 is 11.6 Å². The lowest BCUT2D eigenvalue weighted by Gasteiger charge is -2.34. The predicted octanol–water partition coefficient (Wildman–Crippen LogP) is 4.02. The average Bonchev–Trinajstić information content (AvgIpc) is 3.61. The molecule has 13 nitrogen and oxygen atoms in total. The number of halogens is 2. The maximum atomic E-state index is 15.8. The van der Waals surface area contributed by atoms with Gasteiger partial charge in [-0.05, 0) is 67.9 Å². The van der Waals surface area contributed by atoms with Crippen LogP contribution in [0, 0.1) is 5.82 Å². The Balaban J connectivity index is 1.48. The molecule has 5 rings (SSSR count). The molecule has 3 aromatic heterocycles. The second kappa shape index (κ2) is 12.6. The van der Waals surface area contributed by atoms with Crippen molar-refractivity contribution in [2.75, 3.05) is 24.6 Å². The van der Waals surface area contributed by atoms with Gasteiger partial charge in [0.05, 0.1) is 23.9 Å². The van der Waals surface area contributed by atoms with E-state index in [1.807, 2.05) is 0 Å². The second-order valence-electron chi connectivity index (χ2n) is 9.56. The standard InChI is InChI=1S/C27H29ClFN9O4/c1-4-41-27(40)42-16(2)38-25(33-34-35-38)23-20(15-32-36(23)3)19-10-9-17(13-22(19)29)26(39)37(18-7-5-11-30-14-18)24-21(28)8-6-12-31-24/h6,8-10,12-13,15-16,18,30H,4-5,7,11,14H2,1-3H3/t16-,18+/m0/s1. The molecule has 1 aromatic carbocycles. The third kappa shape index (κ3) is 5.81. The number of tetrazole rings is 1. The lowest BCUT2D eigenvalue weighted by molar-refractivity contribution is 0.00140. The van der Waals surface area contributed by atoms with Crippen LogP contribution in [0.1, 0.15) is 43.3 Å². The Morgan fingerprint density at radius 3 is 2.83 bits per heavy atom. The summed E-state index contributed by atoms with van der Waals surface area (Å²) in [4.78, 5) is 31.6. The third-order valence-electron chi connectivity index (χ3n) is 6.85. The number of benzene rings is 1. The van der Waals surface area contributed by atoms with Crippen molar-refractivity contribution in [1.29, 1.82) is 0 Å². The first-order valence-corrected chi connectivity index (χ1v) is 13.8. The number of aryl methyl sites for hydroxylation is 1. The van der Waals surface area contributed by atoms with Crippen LogP contribution in [0.3, 0.4) is 0 Å². The summed E-state index contributed by atoms with van der Waals surface area (Å²) >= 11 is 6.44. The fourth-order valence-corrected chi connectivity index (χ4v) is 5.10. The molecule has 1 amide bonds. The minimum Gasteiger partial charge on any atom is -0.435 e. The van der Waals surface area contributed by atoms with E-state index in [1.165, 1.54) is 32.6 Å². The van der Waals surface area contributed by atoms with E-state index < -0.39 is 24.1 Å². The first-order valence-electron chi connectivity index (χ1n) is 13.4. The molecule has 0 saturated carbocycles. The highest BCUT2D eigenvalue weighted by atomic mass is 35.5. The zero-order chi connectivity index (χ0) is 29.8. The molecule has 0 unspecified atom stereocenters. The van der Waals surface area contributed by atoms with E-state index in [0.717, 1.165) is 19.4 Å². The van der Waals surface area contributed by atoms with E-state index in [2.05, 4.69) is 30.9 Å². The van der Waals surface area contributed by atoms with Crippen molar-refractivity contribution in [3.05, 3.63) is 59.1 Å². The summed E-state index contributed by atoms with van der Waals surface area (Å²) in [7, 11) is 1.65. The van der Waals surface area contributed by atoms with E-state index in [4.69, 9.17) is 21.1 Å². The summed E-state index contributed by atoms with van der Waals surface area (Å²) in [5.41, 5.74) is 1.04. The number of hydrogen-bond acceptors (Lipinski definition) is 10. The van der Waals surface area contributed by atoms with Crippen LogP contribution in [0.5, 0.6) is 0 Å². The molecule has 42 heavy (non-hydrogen) atoms. The van der Waals surface area contributed by atoms with Crippen LogP contribution in [0.15, 0.2) is 42.7 Å². The Kier molecular flexibility index (Phi) is 8.73. The molecule has 1 aliphatic rings. The van der Waals surface area contributed by atoms with E-state index in [0.29, 0.717) is 28.6 Å². The molecule has 4 heterocycles. The fraction of sp³-hybridized carbons (Fsp3) is 0.370. The zero-order valence-electron chi connectivity index (χ0n) is 23.2. The van der Waals surface area contributed by atoms with Gasteiger partial charge in [-0.3, -0.25) is 14.4 Å². The highest BCUT2D eigenvalue weighted by Gasteiger charge is 2.31. The number of aromatic nitrogens is 7. The minimum atomic E-state index is -0.930. The topological polar surface area (TPSA) is 142 Å². The average molecular weight is 598 g/mol. The molecule has 1 saturated heterocycles. The number of ether oxygens (including phenoxy) is 2. The van der Waals surface area contributed by atoms with Gasteiger partial charge in [0.1, 0.15) is 11.5 Å².